The van der Waals surface area contributed by atoms with E-state index >= 15 is 0 Å². The molecule has 2 N–H and O–H groups in total. The number of likely N-dealkylation sites (N-methyl/N-ethyl adjacent to an activating group) is 1. The molecule has 0 aliphatic carbocycles. The molecular formula is C16H16F2N2O. The summed E-state index contributed by atoms with van der Waals surface area (Å²) in [5.41, 5.74) is 1.14. The van der Waals surface area contributed by atoms with Crippen LogP contribution < -0.4 is 10.6 Å². The molecule has 0 spiro atoms. The van der Waals surface area contributed by atoms with E-state index in [2.05, 4.69) is 10.6 Å². The van der Waals surface area contributed by atoms with Crippen molar-refractivity contribution in [3.63, 3.8) is 0 Å². The predicted molar refractivity (Wildman–Crippen MR) is 78.4 cm³/mol. The van der Waals surface area contributed by atoms with Crippen LogP contribution >= 0.6 is 0 Å². The van der Waals surface area contributed by atoms with E-state index in [-0.39, 0.29) is 5.69 Å². The van der Waals surface area contributed by atoms with E-state index in [1.54, 1.807) is 12.1 Å². The van der Waals surface area contributed by atoms with Crippen molar-refractivity contribution in [3.05, 3.63) is 65.2 Å². The predicted octanol–water partition coefficient (Wildman–Crippen LogP) is 2.98. The van der Waals surface area contributed by atoms with Crippen LogP contribution in [0.25, 0.3) is 0 Å². The molecule has 0 aliphatic rings. The monoisotopic (exact) mass is 290 g/mol. The summed E-state index contributed by atoms with van der Waals surface area (Å²) < 4.78 is 26.7. The number of hydrogen-bond donors (Lipinski definition) is 2. The molecule has 5 heteroatoms. The zero-order valence-electron chi connectivity index (χ0n) is 11.6. The van der Waals surface area contributed by atoms with Gasteiger partial charge in [0.25, 0.3) is 5.91 Å². The first kappa shape index (κ1) is 15.1. The number of carbonyl (C=O) groups is 1. The van der Waals surface area contributed by atoms with Gasteiger partial charge in [-0.1, -0.05) is 24.3 Å². The summed E-state index contributed by atoms with van der Waals surface area (Å²) in [5.74, 6) is -2.50. The summed E-state index contributed by atoms with van der Waals surface area (Å²) in [7, 11) is 1.82. The largest absolute Gasteiger partial charge is 0.319 e. The van der Waals surface area contributed by atoms with Crippen LogP contribution in [-0.2, 0) is 6.42 Å². The Bertz CT molecular complexity index is 644. The van der Waals surface area contributed by atoms with Gasteiger partial charge in [0.05, 0.1) is 5.69 Å². The average molecular weight is 290 g/mol. The van der Waals surface area contributed by atoms with E-state index in [9.17, 15) is 13.6 Å². The molecule has 2 aromatic carbocycles. The Kier molecular flexibility index (Phi) is 5.00. The zero-order valence-corrected chi connectivity index (χ0v) is 11.6. The van der Waals surface area contributed by atoms with E-state index in [4.69, 9.17) is 0 Å². The van der Waals surface area contributed by atoms with Crippen molar-refractivity contribution >= 4 is 11.6 Å². The van der Waals surface area contributed by atoms with Gasteiger partial charge in [-0.05, 0) is 43.8 Å². The van der Waals surface area contributed by atoms with E-state index in [1.165, 1.54) is 12.1 Å². The van der Waals surface area contributed by atoms with Crippen molar-refractivity contribution in [1.29, 1.82) is 0 Å². The van der Waals surface area contributed by atoms with Crippen LogP contribution in [0.15, 0.2) is 42.5 Å². The van der Waals surface area contributed by atoms with Gasteiger partial charge in [0, 0.05) is 5.56 Å². The number of carbonyl (C=O) groups excluding carboxylic acids is 1. The second kappa shape index (κ2) is 6.95. The molecule has 3 nitrogen and oxygen atoms in total. The van der Waals surface area contributed by atoms with Gasteiger partial charge in [0.15, 0.2) is 11.6 Å². The zero-order chi connectivity index (χ0) is 15.2. The third-order valence-electron chi connectivity index (χ3n) is 3.11. The standard InChI is InChI=1S/C16H16F2N2O/c1-19-10-9-11-5-2-3-6-12(11)16(21)20-14-8-4-7-13(17)15(14)18/h2-8,19H,9-10H2,1H3,(H,20,21). The van der Waals surface area contributed by atoms with E-state index in [0.717, 1.165) is 18.2 Å². The molecule has 0 fully saturated rings. The van der Waals surface area contributed by atoms with Crippen LogP contribution in [-0.4, -0.2) is 19.5 Å². The molecule has 0 saturated heterocycles. The van der Waals surface area contributed by atoms with Gasteiger partial charge in [-0.25, -0.2) is 8.78 Å². The van der Waals surface area contributed by atoms with Gasteiger partial charge in [-0.15, -0.1) is 0 Å². The highest BCUT2D eigenvalue weighted by atomic mass is 19.2. The molecule has 0 radical (unpaired) electrons. The van der Waals surface area contributed by atoms with Crippen LogP contribution in [0.1, 0.15) is 15.9 Å². The summed E-state index contributed by atoms with van der Waals surface area (Å²) in [5, 5.41) is 5.42. The highest BCUT2D eigenvalue weighted by Crippen LogP contribution is 2.18. The summed E-state index contributed by atoms with van der Waals surface area (Å²) in [6.07, 6.45) is 0.672. The first-order chi connectivity index (χ1) is 10.1. The molecule has 110 valence electrons. The fourth-order valence-corrected chi connectivity index (χ4v) is 2.01. The van der Waals surface area contributed by atoms with Crippen molar-refractivity contribution in [2.45, 2.75) is 6.42 Å². The number of amides is 1. The minimum absolute atomic E-state index is 0.164. The Labute approximate surface area is 122 Å². The molecule has 2 rings (SSSR count). The maximum Gasteiger partial charge on any atom is 0.256 e. The Balaban J connectivity index is 2.22. The normalized spacial score (nSPS) is 10.4. The number of nitrogens with one attached hydrogen (secondary N) is 2. The molecule has 1 amide bonds. The van der Waals surface area contributed by atoms with Crippen LogP contribution in [0.3, 0.4) is 0 Å². The number of hydrogen-bond acceptors (Lipinski definition) is 2. The Morgan fingerprint density at radius 2 is 1.86 bits per heavy atom. The van der Waals surface area contributed by atoms with Crippen LogP contribution in [0.5, 0.6) is 0 Å². The van der Waals surface area contributed by atoms with Gasteiger partial charge in [-0.2, -0.15) is 0 Å². The van der Waals surface area contributed by atoms with Crippen LogP contribution in [0, 0.1) is 11.6 Å². The molecule has 0 saturated carbocycles. The van der Waals surface area contributed by atoms with Crippen molar-refractivity contribution in [2.24, 2.45) is 0 Å². The quantitative estimate of drug-likeness (QED) is 0.889. The highest BCUT2D eigenvalue weighted by molar-refractivity contribution is 6.05. The lowest BCUT2D eigenvalue weighted by Gasteiger charge is -2.11. The van der Waals surface area contributed by atoms with E-state index in [1.807, 2.05) is 19.2 Å². The van der Waals surface area contributed by atoms with Gasteiger partial charge < -0.3 is 10.6 Å². The summed E-state index contributed by atoms with van der Waals surface area (Å²) in [6, 6.07) is 10.8. The maximum atomic E-state index is 13.6. The first-order valence-electron chi connectivity index (χ1n) is 6.61. The summed E-state index contributed by atoms with van der Waals surface area (Å²) >= 11 is 0. The van der Waals surface area contributed by atoms with Crippen molar-refractivity contribution < 1.29 is 13.6 Å². The van der Waals surface area contributed by atoms with Crippen molar-refractivity contribution in [1.82, 2.24) is 5.32 Å². The Morgan fingerprint density at radius 3 is 2.62 bits per heavy atom. The van der Waals surface area contributed by atoms with Crippen LogP contribution in [0.4, 0.5) is 14.5 Å². The maximum absolute atomic E-state index is 13.6. The lowest BCUT2D eigenvalue weighted by Crippen LogP contribution is -2.18. The minimum atomic E-state index is -1.06. The van der Waals surface area contributed by atoms with Crippen molar-refractivity contribution in [2.75, 3.05) is 18.9 Å². The summed E-state index contributed by atoms with van der Waals surface area (Å²) in [4.78, 5) is 12.2. The molecule has 0 aromatic heterocycles. The smallest absolute Gasteiger partial charge is 0.256 e. The van der Waals surface area contributed by atoms with E-state index in [0.29, 0.717) is 12.0 Å². The Hall–Kier alpha value is -2.27. The number of halogens is 2. The molecule has 0 unspecified atom stereocenters. The molecule has 0 heterocycles. The fraction of sp³-hybridized carbons (Fsp3) is 0.188. The van der Waals surface area contributed by atoms with Gasteiger partial charge >= 0.3 is 0 Å². The Morgan fingerprint density at radius 1 is 1.10 bits per heavy atom. The van der Waals surface area contributed by atoms with Gasteiger partial charge in [0.1, 0.15) is 0 Å². The molecule has 2 aromatic rings. The number of benzene rings is 2. The first-order valence-corrected chi connectivity index (χ1v) is 6.61. The number of anilines is 1. The lowest BCUT2D eigenvalue weighted by atomic mass is 10.0. The topological polar surface area (TPSA) is 41.1 Å². The summed E-state index contributed by atoms with van der Waals surface area (Å²) in [6.45, 7) is 0.721. The van der Waals surface area contributed by atoms with Crippen LogP contribution in [0.2, 0.25) is 0 Å². The second-order valence-electron chi connectivity index (χ2n) is 4.57. The van der Waals surface area contributed by atoms with Crippen molar-refractivity contribution in [3.8, 4) is 0 Å². The fourth-order valence-electron chi connectivity index (χ4n) is 2.01. The third-order valence-corrected chi connectivity index (χ3v) is 3.11. The lowest BCUT2D eigenvalue weighted by molar-refractivity contribution is 0.102. The number of rotatable bonds is 5. The molecular weight excluding hydrogens is 274 g/mol. The molecule has 0 bridgehead atoms. The van der Waals surface area contributed by atoms with Gasteiger partial charge in [-0.3, -0.25) is 4.79 Å². The van der Waals surface area contributed by atoms with E-state index < -0.39 is 17.5 Å². The molecule has 0 atom stereocenters. The minimum Gasteiger partial charge on any atom is -0.319 e. The van der Waals surface area contributed by atoms with Gasteiger partial charge in [0.2, 0.25) is 0 Å². The molecule has 21 heavy (non-hydrogen) atoms. The highest BCUT2D eigenvalue weighted by Gasteiger charge is 2.14. The average Bonchev–Trinajstić information content (AvgIpc) is 2.50. The molecule has 0 aliphatic heterocycles. The third kappa shape index (κ3) is 3.64. The SMILES string of the molecule is CNCCc1ccccc1C(=O)Nc1cccc(F)c1F. The second-order valence-corrected chi connectivity index (χ2v) is 4.57.